The first kappa shape index (κ1) is 77.8. The molecule has 2 unspecified atom stereocenters. The summed E-state index contributed by atoms with van der Waals surface area (Å²) in [4.78, 5) is 23.3. The largest absolute Gasteiger partial charge is 0.437 e. The summed E-state index contributed by atoms with van der Waals surface area (Å²) in [5.41, 5.74) is 30.7. The molecule has 0 saturated heterocycles. The van der Waals surface area contributed by atoms with Crippen LogP contribution in [0.2, 0.25) is 0 Å². The Labute approximate surface area is 821 Å². The van der Waals surface area contributed by atoms with Crippen LogP contribution in [0.1, 0.15) is 244 Å². The first-order chi connectivity index (χ1) is 70.6. The minimum Gasteiger partial charge on any atom is -0.437 e. The van der Waals surface area contributed by atoms with Gasteiger partial charge < -0.3 is 22.1 Å². The Morgan fingerprint density at radius 1 is 0.375 bits per heavy atom. The zero-order valence-corrected chi connectivity index (χ0v) is 82.8. The summed E-state index contributed by atoms with van der Waals surface area (Å²) in [5, 5.41) is 9.72. The lowest BCUT2D eigenvalue weighted by molar-refractivity contribution is -0.660. The van der Waals surface area contributed by atoms with Crippen LogP contribution >= 0.6 is 0 Å². The van der Waals surface area contributed by atoms with Crippen molar-refractivity contribution in [3.05, 3.63) is 297 Å². The predicted molar refractivity (Wildman–Crippen MR) is 557 cm³/mol. The molecule has 1 aliphatic rings. The number of pyridine rings is 10. The van der Waals surface area contributed by atoms with Gasteiger partial charge in [-0.1, -0.05) is 177 Å². The van der Waals surface area contributed by atoms with Crippen LogP contribution in [0.4, 0.5) is 0 Å². The molecule has 15 nitrogen and oxygen atoms in total. The Bertz CT molecular complexity index is 8440. The summed E-state index contributed by atoms with van der Waals surface area (Å²) in [6.45, 7) is 26.4. The summed E-state index contributed by atoms with van der Waals surface area (Å²) in [6.07, 6.45) is 15.0. The van der Waals surface area contributed by atoms with Crippen LogP contribution in [-0.4, -0.2) is 24.9 Å². The van der Waals surface area contributed by atoms with Crippen LogP contribution in [-0.2, 0) is 85.6 Å². The molecule has 15 heteroatoms. The number of aromatic nitrogens is 10. The second-order valence-electron chi connectivity index (χ2n) is 38.3. The normalized spacial score (nSPS) is 16.2. The molecule has 1 aliphatic carbocycles. The smallest absolute Gasteiger partial charge is 0.227 e. The fourth-order valence-corrected chi connectivity index (χ4v) is 18.7. The van der Waals surface area contributed by atoms with Crippen LogP contribution in [0, 0.1) is 45.9 Å². The molecule has 1 fully saturated rings. The van der Waals surface area contributed by atoms with Gasteiger partial charge in [-0.2, -0.15) is 0 Å². The fraction of sp³-hybridized carbons (Fsp3) is 0.339. The van der Waals surface area contributed by atoms with Gasteiger partial charge in [0.1, 0.15) is 35.2 Å². The Morgan fingerprint density at radius 2 is 0.684 bits per heavy atom. The summed E-state index contributed by atoms with van der Waals surface area (Å²) in [6, 6.07) is 61.9. The molecule has 0 bridgehead atoms. The molecular weight excluding hydrogens is 1670 g/mol. The Balaban J connectivity index is 0.000000128. The van der Waals surface area contributed by atoms with E-state index >= 15 is 0 Å². The van der Waals surface area contributed by atoms with Crippen molar-refractivity contribution in [1.29, 1.82) is 0 Å². The molecule has 0 aliphatic heterocycles. The van der Waals surface area contributed by atoms with Crippen LogP contribution in [0.3, 0.4) is 0 Å². The van der Waals surface area contributed by atoms with E-state index in [4.69, 9.17) is 46.3 Å². The Morgan fingerprint density at radius 3 is 1.01 bits per heavy atom. The number of hydrogen-bond acceptors (Lipinski definition) is 10. The van der Waals surface area contributed by atoms with Crippen molar-refractivity contribution >= 4 is 110 Å². The summed E-state index contributed by atoms with van der Waals surface area (Å²) in [5.74, 6) is -3.70. The summed E-state index contributed by atoms with van der Waals surface area (Å²) < 4.78 is 154. The average Bonchev–Trinajstić information content (AvgIpc) is 1.53. The van der Waals surface area contributed by atoms with E-state index < -0.39 is 50.0 Å². The monoisotopic (exact) mass is 1820 g/mol. The van der Waals surface area contributed by atoms with Gasteiger partial charge in [0.15, 0.2) is 58.9 Å². The molecule has 0 N–H and O–H groups in total. The van der Waals surface area contributed by atoms with Crippen LogP contribution in [0.5, 0.6) is 0 Å². The van der Waals surface area contributed by atoms with E-state index in [1.807, 2.05) is 96.6 Å². The fourth-order valence-electron chi connectivity index (χ4n) is 18.7. The van der Waals surface area contributed by atoms with Gasteiger partial charge in [0.05, 0.1) is 27.8 Å². The highest BCUT2D eigenvalue weighted by Crippen LogP contribution is 2.45. The van der Waals surface area contributed by atoms with E-state index in [9.17, 15) is 0 Å². The van der Waals surface area contributed by atoms with Crippen molar-refractivity contribution in [3.63, 3.8) is 0 Å². The number of fused-ring (bicyclic) bond motifs is 15. The number of nitrogens with zero attached hydrogens (tertiary/aromatic N) is 10. The number of rotatable bonds is 15. The SMILES string of the molecule is CCc1cc[n+](C)c(-c2c(C)ccc3c2oc2nc(C(C)(C)C)ccc23)c1.[2H]C(C)(C)c1ccc2c(n1)oc1c(-c3cc(CC)cc[n+]3C)c(C)ccc12.[2H]C([2H])([2H])C(C)(Cc1ccc2c(n1)oc1c(-c3cc(CC)cc[n+]3C)c(C)ccc12)C([2H])([2H])[2H].[2H]C([2H])([2H])C([2H])(C)Cc1ccc2c(n1)oc1c(-c3cc(CC)cc[n+]3C)c(C)ccc12.[2H]C1([2H])CCCC1([2H])c1ccc2c(n1)oc1c(-c3cc(CC)cc[n+]3C)c(C)ccc12. The highest BCUT2D eigenvalue weighted by atomic mass is 16.4. The van der Waals surface area contributed by atoms with E-state index in [-0.39, 0.29) is 18.3 Å². The molecule has 694 valence electrons. The Hall–Kier alpha value is -13.4. The topological polar surface area (TPSA) is 150 Å². The van der Waals surface area contributed by atoms with Crippen LogP contribution < -0.4 is 22.8 Å². The van der Waals surface area contributed by atoms with E-state index in [2.05, 4.69) is 286 Å². The van der Waals surface area contributed by atoms with Gasteiger partial charge in [-0.15, -0.1) is 0 Å². The second-order valence-corrected chi connectivity index (χ2v) is 38.3. The molecule has 15 aromatic heterocycles. The third-order valence-electron chi connectivity index (χ3n) is 26.6. The predicted octanol–water partition coefficient (Wildman–Crippen LogP) is 28.6. The molecule has 0 radical (unpaired) electrons. The molecular formula is C121H135N10O5+5. The number of hydrogen-bond donors (Lipinski definition) is 0. The molecule has 15 heterocycles. The number of furan rings is 5. The minimum absolute atomic E-state index is 0.00614. The quantitative estimate of drug-likeness (QED) is 0.0908. The van der Waals surface area contributed by atoms with Crippen molar-refractivity contribution < 1.29 is 64.1 Å². The highest BCUT2D eigenvalue weighted by Gasteiger charge is 2.31. The van der Waals surface area contributed by atoms with Gasteiger partial charge in [0.25, 0.3) is 0 Å². The van der Waals surface area contributed by atoms with Crippen molar-refractivity contribution in [3.8, 4) is 56.3 Å². The van der Waals surface area contributed by atoms with Crippen LogP contribution in [0.15, 0.2) is 235 Å². The molecule has 2 atom stereocenters. The van der Waals surface area contributed by atoms with Crippen molar-refractivity contribution in [2.75, 3.05) is 0 Å². The zero-order chi connectivity index (χ0) is 108. The molecule has 21 rings (SSSR count). The second kappa shape index (κ2) is 38.8. The van der Waals surface area contributed by atoms with Gasteiger partial charge in [0.2, 0.25) is 57.0 Å². The zero-order valence-electron chi connectivity index (χ0n) is 96.8. The van der Waals surface area contributed by atoms with E-state index in [1.165, 1.54) is 58.5 Å². The molecule has 0 amide bonds. The van der Waals surface area contributed by atoms with Gasteiger partial charge >= 0.3 is 0 Å². The molecule has 20 aromatic rings. The van der Waals surface area contributed by atoms with Gasteiger partial charge in [-0.25, -0.2) is 47.8 Å². The Kier molecular flexibility index (Phi) is 22.2. The molecule has 136 heavy (non-hydrogen) atoms. The maximum absolute atomic E-state index is 8.84. The first-order valence-corrected chi connectivity index (χ1v) is 47.7. The van der Waals surface area contributed by atoms with Crippen molar-refractivity contribution in [2.45, 2.75) is 226 Å². The molecule has 5 aromatic carbocycles. The first-order valence-electron chi connectivity index (χ1n) is 54.7. The summed E-state index contributed by atoms with van der Waals surface area (Å²) >= 11 is 0. The minimum atomic E-state index is -2.67. The van der Waals surface area contributed by atoms with E-state index in [0.717, 1.165) is 187 Å². The number of benzene rings is 5. The maximum atomic E-state index is 8.84. The molecule has 1 saturated carbocycles. The van der Waals surface area contributed by atoms with Gasteiger partial charge in [0, 0.05) is 173 Å². The summed E-state index contributed by atoms with van der Waals surface area (Å²) in [7, 11) is 10.2. The third-order valence-corrected chi connectivity index (χ3v) is 26.6. The lowest BCUT2D eigenvalue weighted by Gasteiger charge is -2.16. The highest BCUT2D eigenvalue weighted by molar-refractivity contribution is 6.13. The van der Waals surface area contributed by atoms with Gasteiger partial charge in [-0.05, 0) is 226 Å². The maximum Gasteiger partial charge on any atom is 0.227 e. The lowest BCUT2D eigenvalue weighted by Crippen LogP contribution is -2.30. The molecule has 0 spiro atoms. The van der Waals surface area contributed by atoms with Crippen molar-refractivity contribution in [2.24, 2.45) is 46.5 Å². The number of aryl methyl sites for hydroxylation is 15. The average molecular weight is 1820 g/mol. The third kappa shape index (κ3) is 19.0. The van der Waals surface area contributed by atoms with Crippen LogP contribution in [0.25, 0.3) is 167 Å². The lowest BCUT2D eigenvalue weighted by atomic mass is 9.90. The standard InChI is InChI=1S/C25H27N2O.C25H29N2O.2C24H27N2O.C23H25N2O/c1-4-17-13-14-27(3)22(15-17)23-16(2)9-10-19-20-11-12-21(18-7-5-6-8-18)26-25(20)28-24(19)23;1-7-17-12-13-27(6)21(14-17)22-16(2)8-10-19-20-11-9-18(15-25(3,4)5)26-24(20)28-23(19)22;1-7-16-12-13-26(6)19(14-16)21-15(2)8-9-17-18-10-11-20(24(3,4)5)25-23(18)27-22(17)21;1-6-17-11-12-26(5)21(14-17)22-16(4)7-9-19-20-10-8-18(13-15(2)3)25-24(20)27-23(19)22;1-6-16-11-12-25(5)20(13-16)21-15(4)7-8-17-18-9-10-19(14(2)3)24-23(18)26-22(17)21/h9-15,18H,4-8H2,1-3H3;8-14H,7,15H2,1-6H3;8-14H,7H2,1-6H3;7-12,14-15H,6,13H2,1-5H3;7-14H,6H2,1-5H3/q5*+1/i7D2,18D;3D3,4D3;;2D3,15D;14D. The van der Waals surface area contributed by atoms with E-state index in [0.29, 0.717) is 70.5 Å². The van der Waals surface area contributed by atoms with Crippen molar-refractivity contribution in [1.82, 2.24) is 24.9 Å². The van der Waals surface area contributed by atoms with Gasteiger partial charge in [-0.3, -0.25) is 0 Å². The van der Waals surface area contributed by atoms with E-state index in [1.54, 1.807) is 12.1 Å².